The molecule has 6 rings (SSSR count). The van der Waals surface area contributed by atoms with Gasteiger partial charge >= 0.3 is 0 Å². The van der Waals surface area contributed by atoms with Crippen molar-refractivity contribution in [3.8, 4) is 11.5 Å². The van der Waals surface area contributed by atoms with Crippen molar-refractivity contribution >= 4 is 56.9 Å². The fourth-order valence-corrected chi connectivity index (χ4v) is 4.56. The van der Waals surface area contributed by atoms with E-state index in [-0.39, 0.29) is 23.8 Å². The van der Waals surface area contributed by atoms with Gasteiger partial charge in [0.15, 0.2) is 0 Å². The number of carbonyl (C=O) groups excluding carboxylic acids is 1. The van der Waals surface area contributed by atoms with E-state index in [1.54, 1.807) is 30.6 Å². The lowest BCUT2D eigenvalue weighted by molar-refractivity contribution is -0.115. The maximum atomic E-state index is 12.0. The van der Waals surface area contributed by atoms with Crippen molar-refractivity contribution in [3.63, 3.8) is 0 Å². The number of aliphatic imine (C=N–C) groups is 2. The summed E-state index contributed by atoms with van der Waals surface area (Å²) in [6.45, 7) is 0. The van der Waals surface area contributed by atoms with Gasteiger partial charge in [0.05, 0.1) is 17.8 Å². The Labute approximate surface area is 206 Å². The van der Waals surface area contributed by atoms with Gasteiger partial charge < -0.3 is 15.5 Å². The number of rotatable bonds is 4. The number of benzene rings is 5. The molecule has 0 saturated heterocycles. The van der Waals surface area contributed by atoms with Gasteiger partial charge in [-0.2, -0.15) is 0 Å². The third kappa shape index (κ3) is 3.84. The highest BCUT2D eigenvalue weighted by atomic mass is 16.3. The number of aromatic hydroxyl groups is 2. The first kappa shape index (κ1) is 21.6. The quantitative estimate of drug-likeness (QED) is 0.265. The van der Waals surface area contributed by atoms with E-state index in [0.29, 0.717) is 28.2 Å². The smallest absolute Gasteiger partial charge is 0.228 e. The number of phenols is 2. The van der Waals surface area contributed by atoms with Gasteiger partial charge in [0.2, 0.25) is 5.91 Å². The lowest BCUT2D eigenvalue weighted by Crippen LogP contribution is -2.03. The standard InChI is InChI=1S/C30H21N3O3/c34-28-11-9-18-5-1-3-7-21(18)23(28)16-31-26-13-20-14-30(36)33-25(20)15-27(26)32-17-24-22-8-4-2-6-19(22)10-12-29(24)35/h1-13,15-17,34-35H,14H2,(H,33,36). The van der Waals surface area contributed by atoms with Crippen LogP contribution in [0.5, 0.6) is 11.5 Å². The highest BCUT2D eigenvalue weighted by molar-refractivity contribution is 6.06. The molecule has 5 aromatic carbocycles. The second-order valence-corrected chi connectivity index (χ2v) is 8.68. The number of amides is 1. The number of hydrogen-bond acceptors (Lipinski definition) is 5. The Balaban J connectivity index is 1.47. The molecule has 0 bridgehead atoms. The zero-order chi connectivity index (χ0) is 24.6. The molecule has 0 unspecified atom stereocenters. The first-order valence-corrected chi connectivity index (χ1v) is 11.5. The fraction of sp³-hybridized carbons (Fsp3) is 0.0333. The molecule has 5 aromatic rings. The number of hydrogen-bond donors (Lipinski definition) is 3. The Morgan fingerprint density at radius 2 is 1.22 bits per heavy atom. The van der Waals surface area contributed by atoms with Gasteiger partial charge in [0.25, 0.3) is 0 Å². The van der Waals surface area contributed by atoms with Crippen LogP contribution in [0.4, 0.5) is 17.1 Å². The van der Waals surface area contributed by atoms with Crippen LogP contribution in [0.3, 0.4) is 0 Å². The SMILES string of the molecule is O=C1Cc2cc(N=Cc3c(O)ccc4ccccc34)c(N=Cc3c(O)ccc4ccccc34)cc2N1. The van der Waals surface area contributed by atoms with Crippen molar-refractivity contribution < 1.29 is 15.0 Å². The molecule has 3 N–H and O–H groups in total. The van der Waals surface area contributed by atoms with Crippen LogP contribution < -0.4 is 5.32 Å². The molecule has 0 saturated carbocycles. The molecule has 6 heteroatoms. The third-order valence-electron chi connectivity index (χ3n) is 6.39. The molecule has 0 radical (unpaired) electrons. The van der Waals surface area contributed by atoms with Crippen molar-refractivity contribution in [1.29, 1.82) is 0 Å². The van der Waals surface area contributed by atoms with E-state index >= 15 is 0 Å². The number of carbonyl (C=O) groups is 1. The van der Waals surface area contributed by atoms with Crippen LogP contribution in [0.1, 0.15) is 16.7 Å². The summed E-state index contributed by atoms with van der Waals surface area (Å²) in [5.74, 6) is 0.165. The molecular formula is C30H21N3O3. The molecule has 36 heavy (non-hydrogen) atoms. The summed E-state index contributed by atoms with van der Waals surface area (Å²) in [6.07, 6.45) is 3.51. The molecule has 174 valence electrons. The van der Waals surface area contributed by atoms with Crippen LogP contribution in [0.25, 0.3) is 21.5 Å². The summed E-state index contributed by atoms with van der Waals surface area (Å²) in [7, 11) is 0. The van der Waals surface area contributed by atoms with Gasteiger partial charge in [-0.05, 0) is 51.4 Å². The molecule has 6 nitrogen and oxygen atoms in total. The second-order valence-electron chi connectivity index (χ2n) is 8.68. The highest BCUT2D eigenvalue weighted by Gasteiger charge is 2.20. The van der Waals surface area contributed by atoms with E-state index in [4.69, 9.17) is 0 Å². The van der Waals surface area contributed by atoms with E-state index in [1.165, 1.54) is 0 Å². The van der Waals surface area contributed by atoms with Crippen LogP contribution >= 0.6 is 0 Å². The molecule has 1 aliphatic heterocycles. The van der Waals surface area contributed by atoms with Crippen molar-refractivity contribution in [2.24, 2.45) is 9.98 Å². The number of anilines is 1. The zero-order valence-corrected chi connectivity index (χ0v) is 19.1. The minimum Gasteiger partial charge on any atom is -0.507 e. The minimum absolute atomic E-state index is 0.0838. The van der Waals surface area contributed by atoms with E-state index in [0.717, 1.165) is 27.1 Å². The average Bonchev–Trinajstić information content (AvgIpc) is 3.26. The van der Waals surface area contributed by atoms with Crippen LogP contribution in [0.2, 0.25) is 0 Å². The molecule has 1 amide bonds. The molecular weight excluding hydrogens is 450 g/mol. The molecule has 0 spiro atoms. The predicted octanol–water partition coefficient (Wildman–Crippen LogP) is 6.40. The number of phenolic OH excluding ortho intramolecular Hbond substituents is 2. The molecule has 1 aliphatic rings. The second kappa shape index (κ2) is 8.67. The Morgan fingerprint density at radius 3 is 1.81 bits per heavy atom. The topological polar surface area (TPSA) is 94.3 Å². The van der Waals surface area contributed by atoms with E-state index < -0.39 is 0 Å². The van der Waals surface area contributed by atoms with Crippen LogP contribution in [-0.2, 0) is 11.2 Å². The van der Waals surface area contributed by atoms with Crippen LogP contribution in [0, 0.1) is 0 Å². The van der Waals surface area contributed by atoms with Gasteiger partial charge in [-0.1, -0.05) is 60.7 Å². The Bertz CT molecular complexity index is 1610. The molecule has 0 fully saturated rings. The summed E-state index contributed by atoms with van der Waals surface area (Å²) in [4.78, 5) is 21.4. The summed E-state index contributed by atoms with van der Waals surface area (Å²) in [5, 5.41) is 27.6. The van der Waals surface area contributed by atoms with Crippen LogP contribution in [-0.4, -0.2) is 28.5 Å². The summed E-state index contributed by atoms with van der Waals surface area (Å²) >= 11 is 0. The molecule has 0 aromatic heterocycles. The highest BCUT2D eigenvalue weighted by Crippen LogP contribution is 2.38. The van der Waals surface area contributed by atoms with Gasteiger partial charge in [-0.25, -0.2) is 0 Å². The van der Waals surface area contributed by atoms with Crippen molar-refractivity contribution in [2.75, 3.05) is 5.32 Å². The largest absolute Gasteiger partial charge is 0.507 e. The van der Waals surface area contributed by atoms with Crippen LogP contribution in [0.15, 0.2) is 94.9 Å². The molecule has 1 heterocycles. The van der Waals surface area contributed by atoms with Gasteiger partial charge in [-0.3, -0.25) is 14.8 Å². The number of nitrogens with zero attached hydrogens (tertiary/aromatic N) is 2. The van der Waals surface area contributed by atoms with E-state index in [1.807, 2.05) is 66.7 Å². The Morgan fingerprint density at radius 1 is 0.694 bits per heavy atom. The first-order chi connectivity index (χ1) is 17.6. The summed E-state index contributed by atoms with van der Waals surface area (Å²) in [6, 6.07) is 26.2. The normalized spacial score (nSPS) is 13.2. The lowest BCUT2D eigenvalue weighted by atomic mass is 10.0. The third-order valence-corrected chi connectivity index (χ3v) is 6.39. The monoisotopic (exact) mass is 471 g/mol. The summed E-state index contributed by atoms with van der Waals surface area (Å²) in [5.41, 5.74) is 3.80. The number of fused-ring (bicyclic) bond motifs is 3. The van der Waals surface area contributed by atoms with Crippen molar-refractivity contribution in [3.05, 3.63) is 102 Å². The Hall–Kier alpha value is -4.97. The zero-order valence-electron chi connectivity index (χ0n) is 19.1. The van der Waals surface area contributed by atoms with Gasteiger partial charge in [-0.15, -0.1) is 0 Å². The van der Waals surface area contributed by atoms with Crippen molar-refractivity contribution in [2.45, 2.75) is 6.42 Å². The molecule has 0 atom stereocenters. The first-order valence-electron chi connectivity index (χ1n) is 11.5. The predicted molar refractivity (Wildman–Crippen MR) is 145 cm³/mol. The maximum Gasteiger partial charge on any atom is 0.228 e. The Kier molecular flexibility index (Phi) is 5.19. The number of nitrogens with one attached hydrogen (secondary N) is 1. The minimum atomic E-state index is -0.0838. The maximum absolute atomic E-state index is 12.0. The fourth-order valence-electron chi connectivity index (χ4n) is 4.56. The lowest BCUT2D eigenvalue weighted by Gasteiger charge is -2.08. The van der Waals surface area contributed by atoms with Crippen molar-refractivity contribution in [1.82, 2.24) is 0 Å². The van der Waals surface area contributed by atoms with Gasteiger partial charge in [0, 0.05) is 29.2 Å². The van der Waals surface area contributed by atoms with E-state index in [9.17, 15) is 15.0 Å². The van der Waals surface area contributed by atoms with E-state index in [2.05, 4.69) is 15.3 Å². The summed E-state index contributed by atoms with van der Waals surface area (Å²) < 4.78 is 0. The average molecular weight is 472 g/mol. The van der Waals surface area contributed by atoms with Gasteiger partial charge in [0.1, 0.15) is 11.5 Å². The molecule has 0 aliphatic carbocycles.